The number of halogens is 5. The van der Waals surface area contributed by atoms with Gasteiger partial charge in [0.05, 0.1) is 24.3 Å². The van der Waals surface area contributed by atoms with Crippen LogP contribution in [0.15, 0.2) is 6.20 Å². The molecule has 0 aliphatic heterocycles. The van der Waals surface area contributed by atoms with Gasteiger partial charge < -0.3 is 4.74 Å². The van der Waals surface area contributed by atoms with Crippen molar-refractivity contribution in [3.05, 3.63) is 23.0 Å². The Kier molecular flexibility index (Phi) is 4.06. The summed E-state index contributed by atoms with van der Waals surface area (Å²) < 4.78 is 65.2. The fraction of sp³-hybridized carbons (Fsp3) is 0.400. The number of aryl methyl sites for hydroxylation is 1. The van der Waals surface area contributed by atoms with Gasteiger partial charge >= 0.3 is 6.36 Å². The molecular weight excluding hydrogens is 259 g/mol. The van der Waals surface area contributed by atoms with E-state index in [4.69, 9.17) is 5.26 Å². The highest BCUT2D eigenvalue weighted by Crippen LogP contribution is 2.36. The average molecular weight is 266 g/mol. The van der Waals surface area contributed by atoms with Crippen LogP contribution >= 0.6 is 0 Å². The van der Waals surface area contributed by atoms with E-state index in [1.165, 1.54) is 6.92 Å². The SMILES string of the molecule is Cc1ncc(OC(F)(F)F)c(C(F)F)c1CC#N. The lowest BCUT2D eigenvalue weighted by molar-refractivity contribution is -0.275. The fourth-order valence-corrected chi connectivity index (χ4v) is 1.39. The normalized spacial score (nSPS) is 11.4. The maximum atomic E-state index is 12.8. The van der Waals surface area contributed by atoms with Crippen molar-refractivity contribution in [2.75, 3.05) is 0 Å². The first-order chi connectivity index (χ1) is 8.26. The monoisotopic (exact) mass is 266 g/mol. The lowest BCUT2D eigenvalue weighted by Gasteiger charge is -2.16. The molecule has 0 radical (unpaired) electrons. The zero-order valence-corrected chi connectivity index (χ0v) is 9.05. The third-order valence-corrected chi connectivity index (χ3v) is 2.10. The van der Waals surface area contributed by atoms with Crippen LogP contribution < -0.4 is 4.74 Å². The van der Waals surface area contributed by atoms with Crippen molar-refractivity contribution in [2.45, 2.75) is 26.1 Å². The molecule has 8 heteroatoms. The van der Waals surface area contributed by atoms with Gasteiger partial charge in [-0.05, 0) is 6.92 Å². The predicted octanol–water partition coefficient (Wildman–Crippen LogP) is 3.29. The largest absolute Gasteiger partial charge is 0.573 e. The van der Waals surface area contributed by atoms with Crippen LogP contribution in [0.4, 0.5) is 22.0 Å². The van der Waals surface area contributed by atoms with Gasteiger partial charge in [-0.15, -0.1) is 13.2 Å². The molecule has 1 aromatic heterocycles. The summed E-state index contributed by atoms with van der Waals surface area (Å²) >= 11 is 0. The van der Waals surface area contributed by atoms with Crippen molar-refractivity contribution in [1.82, 2.24) is 4.98 Å². The van der Waals surface area contributed by atoms with E-state index >= 15 is 0 Å². The third-order valence-electron chi connectivity index (χ3n) is 2.10. The number of pyridine rings is 1. The minimum atomic E-state index is -5.09. The highest BCUT2D eigenvalue weighted by atomic mass is 19.4. The molecule has 1 heterocycles. The van der Waals surface area contributed by atoms with Gasteiger partial charge in [-0.25, -0.2) is 8.78 Å². The summed E-state index contributed by atoms with van der Waals surface area (Å²) in [6, 6.07) is 1.60. The Labute approximate surface area is 98.8 Å². The molecule has 18 heavy (non-hydrogen) atoms. The van der Waals surface area contributed by atoms with Crippen molar-refractivity contribution in [3.8, 4) is 11.8 Å². The Hall–Kier alpha value is -1.91. The number of ether oxygens (including phenoxy) is 1. The first-order valence-electron chi connectivity index (χ1n) is 4.65. The Bertz CT molecular complexity index is 478. The van der Waals surface area contributed by atoms with Gasteiger partial charge in [0, 0.05) is 11.3 Å². The number of hydrogen-bond donors (Lipinski definition) is 0. The van der Waals surface area contributed by atoms with Crippen molar-refractivity contribution in [1.29, 1.82) is 5.26 Å². The molecule has 0 unspecified atom stereocenters. The second kappa shape index (κ2) is 5.16. The van der Waals surface area contributed by atoms with Gasteiger partial charge in [0.15, 0.2) is 5.75 Å². The van der Waals surface area contributed by atoms with Crippen LogP contribution in [0, 0.1) is 18.3 Å². The average Bonchev–Trinajstić information content (AvgIpc) is 2.20. The van der Waals surface area contributed by atoms with E-state index in [0.29, 0.717) is 6.20 Å². The summed E-state index contributed by atoms with van der Waals surface area (Å²) in [5.41, 5.74) is -1.11. The maximum absolute atomic E-state index is 12.8. The van der Waals surface area contributed by atoms with Gasteiger partial charge in [-0.2, -0.15) is 5.26 Å². The van der Waals surface area contributed by atoms with E-state index in [-0.39, 0.29) is 11.3 Å². The van der Waals surface area contributed by atoms with Crippen LogP contribution in [0.2, 0.25) is 0 Å². The van der Waals surface area contributed by atoms with Crippen molar-refractivity contribution < 1.29 is 26.7 Å². The van der Waals surface area contributed by atoms with E-state index in [1.54, 1.807) is 6.07 Å². The predicted molar refractivity (Wildman–Crippen MR) is 49.9 cm³/mol. The van der Waals surface area contributed by atoms with Crippen LogP contribution in [0.25, 0.3) is 0 Å². The lowest BCUT2D eigenvalue weighted by atomic mass is 10.0. The Morgan fingerprint density at radius 3 is 2.50 bits per heavy atom. The summed E-state index contributed by atoms with van der Waals surface area (Å²) in [5.74, 6) is -1.08. The quantitative estimate of drug-likeness (QED) is 0.788. The molecule has 0 atom stereocenters. The number of alkyl halides is 5. The molecule has 0 N–H and O–H groups in total. The molecule has 98 valence electrons. The summed E-state index contributed by atoms with van der Waals surface area (Å²) in [7, 11) is 0. The molecule has 1 rings (SSSR count). The molecule has 0 fully saturated rings. The van der Waals surface area contributed by atoms with Gasteiger partial charge in [0.1, 0.15) is 0 Å². The van der Waals surface area contributed by atoms with E-state index in [2.05, 4.69) is 9.72 Å². The first-order valence-corrected chi connectivity index (χ1v) is 4.65. The molecule has 0 aliphatic carbocycles. The van der Waals surface area contributed by atoms with E-state index < -0.39 is 30.5 Å². The first kappa shape index (κ1) is 14.2. The van der Waals surface area contributed by atoms with Crippen molar-refractivity contribution in [2.24, 2.45) is 0 Å². The van der Waals surface area contributed by atoms with E-state index in [0.717, 1.165) is 0 Å². The Morgan fingerprint density at radius 1 is 1.44 bits per heavy atom. The zero-order chi connectivity index (χ0) is 13.9. The highest BCUT2D eigenvalue weighted by molar-refractivity contribution is 5.43. The van der Waals surface area contributed by atoms with E-state index in [9.17, 15) is 22.0 Å². The molecule has 3 nitrogen and oxygen atoms in total. The second-order valence-electron chi connectivity index (χ2n) is 3.28. The molecule has 0 bridgehead atoms. The van der Waals surface area contributed by atoms with Crippen LogP contribution in [-0.2, 0) is 6.42 Å². The molecule has 0 amide bonds. The topological polar surface area (TPSA) is 45.9 Å². The number of nitrogens with zero attached hydrogens (tertiary/aromatic N) is 2. The molecule has 0 aromatic carbocycles. The summed E-state index contributed by atoms with van der Waals surface area (Å²) in [5, 5.41) is 8.49. The number of rotatable bonds is 3. The van der Waals surface area contributed by atoms with Gasteiger partial charge in [0.25, 0.3) is 6.43 Å². The molecule has 0 spiro atoms. The standard InChI is InChI=1S/C10H7F5N2O/c1-5-6(2-3-16)8(9(11)12)7(4-17-5)18-10(13,14)15/h4,9H,2H2,1H3. The lowest BCUT2D eigenvalue weighted by Crippen LogP contribution is -2.19. The molecule has 0 saturated carbocycles. The van der Waals surface area contributed by atoms with Crippen molar-refractivity contribution in [3.63, 3.8) is 0 Å². The fourth-order valence-electron chi connectivity index (χ4n) is 1.39. The van der Waals surface area contributed by atoms with Crippen LogP contribution in [0.1, 0.15) is 23.2 Å². The van der Waals surface area contributed by atoms with E-state index in [1.807, 2.05) is 0 Å². The molecular formula is C10H7F5N2O. The maximum Gasteiger partial charge on any atom is 0.573 e. The smallest absolute Gasteiger partial charge is 0.404 e. The zero-order valence-electron chi connectivity index (χ0n) is 9.05. The molecule has 1 aromatic rings. The molecule has 0 aliphatic rings. The summed E-state index contributed by atoms with van der Waals surface area (Å²) in [6.45, 7) is 1.33. The second-order valence-corrected chi connectivity index (χ2v) is 3.28. The van der Waals surface area contributed by atoms with Gasteiger partial charge in [-0.1, -0.05) is 0 Å². The number of hydrogen-bond acceptors (Lipinski definition) is 3. The van der Waals surface area contributed by atoms with Crippen LogP contribution in [0.5, 0.6) is 5.75 Å². The number of nitriles is 1. The Morgan fingerprint density at radius 2 is 2.06 bits per heavy atom. The van der Waals surface area contributed by atoms with Crippen molar-refractivity contribution >= 4 is 0 Å². The van der Waals surface area contributed by atoms with Crippen LogP contribution in [0.3, 0.4) is 0 Å². The molecule has 0 saturated heterocycles. The summed E-state index contributed by atoms with van der Waals surface area (Å²) in [4.78, 5) is 3.52. The summed E-state index contributed by atoms with van der Waals surface area (Å²) in [6.07, 6.45) is -8.17. The third kappa shape index (κ3) is 3.29. The van der Waals surface area contributed by atoms with Gasteiger partial charge in [0.2, 0.25) is 0 Å². The van der Waals surface area contributed by atoms with Gasteiger partial charge in [-0.3, -0.25) is 4.98 Å². The minimum absolute atomic E-state index is 0.0707. The minimum Gasteiger partial charge on any atom is -0.404 e. The van der Waals surface area contributed by atoms with Crippen LogP contribution in [-0.4, -0.2) is 11.3 Å². The Balaban J connectivity index is 3.35. The number of aromatic nitrogens is 1. The highest BCUT2D eigenvalue weighted by Gasteiger charge is 2.34.